The quantitative estimate of drug-likeness (QED) is 0.597. The fourth-order valence-electron chi connectivity index (χ4n) is 2.59. The molecule has 5 heteroatoms. The Hall–Kier alpha value is -2.32. The first-order valence-electron chi connectivity index (χ1n) is 8.61. The molecule has 128 valence electrons. The average Bonchev–Trinajstić information content (AvgIpc) is 2.58. The predicted octanol–water partition coefficient (Wildman–Crippen LogP) is 2.78. The summed E-state index contributed by atoms with van der Waals surface area (Å²) in [6.45, 7) is 1.20. The highest BCUT2D eigenvalue weighted by molar-refractivity contribution is 6.05. The van der Waals surface area contributed by atoms with E-state index in [1.54, 1.807) is 4.90 Å². The Morgan fingerprint density at radius 2 is 1.75 bits per heavy atom. The molecule has 1 heterocycles. The molecule has 1 fully saturated rings. The Balaban J connectivity index is 1.77. The van der Waals surface area contributed by atoms with Crippen LogP contribution in [0.1, 0.15) is 50.5 Å². The van der Waals surface area contributed by atoms with Crippen molar-refractivity contribution in [3.63, 3.8) is 0 Å². The van der Waals surface area contributed by atoms with Crippen molar-refractivity contribution in [3.8, 4) is 11.8 Å². The summed E-state index contributed by atoms with van der Waals surface area (Å²) in [6, 6.07) is 7.19. The van der Waals surface area contributed by atoms with Crippen LogP contribution in [0, 0.1) is 11.8 Å². The van der Waals surface area contributed by atoms with E-state index in [0.29, 0.717) is 13.0 Å². The van der Waals surface area contributed by atoms with E-state index in [1.165, 1.54) is 19.3 Å². The predicted molar refractivity (Wildman–Crippen MR) is 95.6 cm³/mol. The maximum atomic E-state index is 11.8. The van der Waals surface area contributed by atoms with Crippen LogP contribution in [0.3, 0.4) is 0 Å². The highest BCUT2D eigenvalue weighted by Crippen LogP contribution is 2.17. The van der Waals surface area contributed by atoms with Crippen LogP contribution >= 0.6 is 0 Å². The van der Waals surface area contributed by atoms with Crippen molar-refractivity contribution < 1.29 is 9.59 Å². The molecule has 0 aromatic heterocycles. The lowest BCUT2D eigenvalue weighted by molar-refractivity contribution is -0.120. The first kappa shape index (κ1) is 18.0. The maximum Gasteiger partial charge on any atom is 0.328 e. The normalized spacial score (nSPS) is 14.1. The van der Waals surface area contributed by atoms with Gasteiger partial charge in [-0.05, 0) is 43.7 Å². The van der Waals surface area contributed by atoms with Gasteiger partial charge in [0, 0.05) is 30.6 Å². The van der Waals surface area contributed by atoms with E-state index in [1.807, 2.05) is 24.3 Å². The second-order valence-corrected chi connectivity index (χ2v) is 5.91. The van der Waals surface area contributed by atoms with E-state index in [9.17, 15) is 9.59 Å². The largest absolute Gasteiger partial charge is 0.330 e. The van der Waals surface area contributed by atoms with Gasteiger partial charge in [-0.3, -0.25) is 15.0 Å². The van der Waals surface area contributed by atoms with Gasteiger partial charge >= 0.3 is 6.03 Å². The Bertz CT molecular complexity index is 614. The Morgan fingerprint density at radius 1 is 1.04 bits per heavy atom. The number of carbonyl (C=O) groups is 2. The third kappa shape index (κ3) is 5.71. The summed E-state index contributed by atoms with van der Waals surface area (Å²) in [4.78, 5) is 24.5. The highest BCUT2D eigenvalue weighted by Gasteiger charge is 2.23. The first-order chi connectivity index (χ1) is 11.7. The van der Waals surface area contributed by atoms with Crippen molar-refractivity contribution in [1.82, 2.24) is 5.32 Å². The van der Waals surface area contributed by atoms with Gasteiger partial charge in [0.1, 0.15) is 0 Å². The van der Waals surface area contributed by atoms with Gasteiger partial charge in [0.15, 0.2) is 0 Å². The second kappa shape index (κ2) is 9.74. The second-order valence-electron chi connectivity index (χ2n) is 5.91. The third-order valence-corrected chi connectivity index (χ3v) is 3.97. The van der Waals surface area contributed by atoms with Crippen molar-refractivity contribution in [2.24, 2.45) is 5.73 Å². The van der Waals surface area contributed by atoms with Crippen LogP contribution in [0.25, 0.3) is 0 Å². The van der Waals surface area contributed by atoms with Crippen molar-refractivity contribution in [1.29, 1.82) is 0 Å². The van der Waals surface area contributed by atoms with Crippen LogP contribution in [0.5, 0.6) is 0 Å². The minimum Gasteiger partial charge on any atom is -0.330 e. The fraction of sp³-hybridized carbons (Fsp3) is 0.474. The molecular formula is C19H25N3O2. The summed E-state index contributed by atoms with van der Waals surface area (Å²) in [6.07, 6.45) is 7.11. The molecule has 0 bridgehead atoms. The zero-order valence-corrected chi connectivity index (χ0v) is 14.0. The number of hydrogen-bond acceptors (Lipinski definition) is 3. The molecule has 1 aromatic rings. The van der Waals surface area contributed by atoms with Crippen molar-refractivity contribution >= 4 is 17.6 Å². The van der Waals surface area contributed by atoms with Crippen LogP contribution in [-0.4, -0.2) is 25.0 Å². The number of imide groups is 1. The molecule has 0 unspecified atom stereocenters. The molecule has 1 saturated heterocycles. The van der Waals surface area contributed by atoms with Crippen LogP contribution in [0.2, 0.25) is 0 Å². The molecule has 0 atom stereocenters. The van der Waals surface area contributed by atoms with E-state index in [-0.39, 0.29) is 11.9 Å². The molecule has 0 saturated carbocycles. The minimum absolute atomic E-state index is 0.221. The molecule has 0 aliphatic carbocycles. The standard InChI is InChI=1S/C19H25N3O2/c20-14-7-5-3-1-2-4-6-8-16-9-11-17(12-10-16)22-15-13-18(23)21-19(22)24/h9-12H,1-5,7,13-15,20H2,(H,21,23,24). The Kier molecular flexibility index (Phi) is 7.31. The molecule has 1 aliphatic heterocycles. The maximum absolute atomic E-state index is 11.8. The zero-order chi connectivity index (χ0) is 17.2. The molecule has 1 aliphatic rings. The van der Waals surface area contributed by atoms with E-state index < -0.39 is 0 Å². The molecule has 3 amide bonds. The van der Waals surface area contributed by atoms with Gasteiger partial charge < -0.3 is 5.73 Å². The topological polar surface area (TPSA) is 75.4 Å². The summed E-state index contributed by atoms with van der Waals surface area (Å²) in [5.74, 6) is 6.13. The van der Waals surface area contributed by atoms with E-state index in [2.05, 4.69) is 17.2 Å². The molecule has 3 N–H and O–H groups in total. The van der Waals surface area contributed by atoms with Crippen molar-refractivity contribution in [2.75, 3.05) is 18.0 Å². The number of anilines is 1. The number of benzene rings is 1. The van der Waals surface area contributed by atoms with Gasteiger partial charge in [-0.2, -0.15) is 0 Å². The molecule has 1 aromatic carbocycles. The van der Waals surface area contributed by atoms with Gasteiger partial charge in [0.2, 0.25) is 5.91 Å². The fourth-order valence-corrected chi connectivity index (χ4v) is 2.59. The van der Waals surface area contributed by atoms with Gasteiger partial charge in [-0.15, -0.1) is 0 Å². The molecule has 5 nitrogen and oxygen atoms in total. The Morgan fingerprint density at radius 3 is 2.46 bits per heavy atom. The number of nitrogens with two attached hydrogens (primary N) is 1. The number of rotatable bonds is 7. The number of nitrogens with zero attached hydrogens (tertiary/aromatic N) is 1. The summed E-state index contributed by atoms with van der Waals surface area (Å²) >= 11 is 0. The molecule has 2 rings (SSSR count). The SMILES string of the molecule is NCCCCCCCC#Cc1ccc(N2CCC(=O)NC2=O)cc1. The number of unbranched alkanes of at least 4 members (excludes halogenated alkanes) is 5. The number of urea groups is 1. The number of amides is 3. The Labute approximate surface area is 143 Å². The average molecular weight is 327 g/mol. The molecule has 0 spiro atoms. The lowest BCUT2D eigenvalue weighted by atomic mass is 10.1. The van der Waals surface area contributed by atoms with Crippen LogP contribution in [0.15, 0.2) is 24.3 Å². The van der Waals surface area contributed by atoms with Crippen LogP contribution in [-0.2, 0) is 4.79 Å². The number of carbonyl (C=O) groups excluding carboxylic acids is 2. The van der Waals surface area contributed by atoms with Gasteiger partial charge in [-0.1, -0.05) is 31.1 Å². The molecule has 0 radical (unpaired) electrons. The van der Waals surface area contributed by atoms with Gasteiger partial charge in [0.25, 0.3) is 0 Å². The smallest absolute Gasteiger partial charge is 0.328 e. The molecular weight excluding hydrogens is 302 g/mol. The third-order valence-electron chi connectivity index (χ3n) is 3.97. The van der Waals surface area contributed by atoms with Crippen molar-refractivity contribution in [2.45, 2.75) is 44.9 Å². The van der Waals surface area contributed by atoms with Gasteiger partial charge in [-0.25, -0.2) is 4.79 Å². The monoisotopic (exact) mass is 327 g/mol. The number of hydrogen-bond donors (Lipinski definition) is 2. The molecule has 24 heavy (non-hydrogen) atoms. The van der Waals surface area contributed by atoms with E-state index in [4.69, 9.17) is 5.73 Å². The summed E-state index contributed by atoms with van der Waals surface area (Å²) < 4.78 is 0. The highest BCUT2D eigenvalue weighted by atomic mass is 16.2. The van der Waals surface area contributed by atoms with Crippen molar-refractivity contribution in [3.05, 3.63) is 29.8 Å². The lowest BCUT2D eigenvalue weighted by Crippen LogP contribution is -2.49. The summed E-state index contributed by atoms with van der Waals surface area (Å²) in [5, 5.41) is 2.32. The van der Waals surface area contributed by atoms with Crippen LogP contribution in [0.4, 0.5) is 10.5 Å². The minimum atomic E-state index is -0.361. The van der Waals surface area contributed by atoms with E-state index >= 15 is 0 Å². The summed E-state index contributed by atoms with van der Waals surface area (Å²) in [5.41, 5.74) is 7.19. The number of nitrogens with one attached hydrogen (secondary N) is 1. The van der Waals surface area contributed by atoms with E-state index in [0.717, 1.165) is 37.1 Å². The van der Waals surface area contributed by atoms with Crippen LogP contribution < -0.4 is 16.0 Å². The summed E-state index contributed by atoms with van der Waals surface area (Å²) in [7, 11) is 0. The lowest BCUT2D eigenvalue weighted by Gasteiger charge is -2.26. The first-order valence-corrected chi connectivity index (χ1v) is 8.61. The van der Waals surface area contributed by atoms with Gasteiger partial charge in [0.05, 0.1) is 0 Å². The zero-order valence-electron chi connectivity index (χ0n) is 14.0.